The molecule has 5 nitrogen and oxygen atoms in total. The van der Waals surface area contributed by atoms with Crippen molar-refractivity contribution in [1.82, 2.24) is 9.80 Å². The molecule has 1 unspecified atom stereocenters. The quantitative estimate of drug-likeness (QED) is 0.849. The molecule has 0 aliphatic carbocycles. The van der Waals surface area contributed by atoms with E-state index in [4.69, 9.17) is 4.42 Å². The zero-order valence-electron chi connectivity index (χ0n) is 14.5. The van der Waals surface area contributed by atoms with Crippen LogP contribution in [0.2, 0.25) is 0 Å². The van der Waals surface area contributed by atoms with Crippen LogP contribution in [0.15, 0.2) is 47.3 Å². The lowest BCUT2D eigenvalue weighted by Gasteiger charge is -2.39. The number of hydrogen-bond donors (Lipinski definition) is 0. The lowest BCUT2D eigenvalue weighted by molar-refractivity contribution is -0.146. The van der Waals surface area contributed by atoms with Crippen LogP contribution in [0.1, 0.15) is 35.2 Å². The molecule has 26 heavy (non-hydrogen) atoms. The van der Waals surface area contributed by atoms with Gasteiger partial charge in [0, 0.05) is 31.7 Å². The Morgan fingerprint density at radius 1 is 1.19 bits per heavy atom. The summed E-state index contributed by atoms with van der Waals surface area (Å²) in [6.07, 6.45) is 5.20. The second-order valence-electron chi connectivity index (χ2n) is 7.19. The number of likely N-dealkylation sites (tertiary alicyclic amines) is 2. The fourth-order valence-electron chi connectivity index (χ4n) is 4.13. The number of furan rings is 1. The second kappa shape index (κ2) is 6.59. The normalized spacial score (nSPS) is 23.0. The fraction of sp³-hybridized carbons (Fsp3) is 0.400. The summed E-state index contributed by atoms with van der Waals surface area (Å²) in [5.41, 5.74) is 0.499. The highest BCUT2D eigenvalue weighted by Crippen LogP contribution is 2.41. The number of amides is 2. The molecule has 2 fully saturated rings. The standard InChI is InChI=1S/C20H21FN2O3/c21-17-5-2-1-4-15(17)12-22-9-3-7-20(19(22)25)8-10-23(14-20)18(24)16-6-11-26-13-16/h1-2,4-6,11,13H,3,7-10,12,14H2. The summed E-state index contributed by atoms with van der Waals surface area (Å²) >= 11 is 0. The molecule has 2 aliphatic heterocycles. The van der Waals surface area contributed by atoms with E-state index in [1.54, 1.807) is 34.1 Å². The Balaban J connectivity index is 1.49. The maximum atomic E-state index is 14.0. The number of carbonyl (C=O) groups is 2. The molecule has 4 rings (SSSR count). The van der Waals surface area contributed by atoms with Gasteiger partial charge in [-0.15, -0.1) is 0 Å². The van der Waals surface area contributed by atoms with Crippen molar-refractivity contribution in [1.29, 1.82) is 0 Å². The molecule has 2 aromatic rings. The van der Waals surface area contributed by atoms with Crippen LogP contribution >= 0.6 is 0 Å². The van der Waals surface area contributed by atoms with E-state index >= 15 is 0 Å². The van der Waals surface area contributed by atoms with Crippen LogP contribution in [-0.2, 0) is 11.3 Å². The Labute approximate surface area is 151 Å². The van der Waals surface area contributed by atoms with E-state index in [1.807, 2.05) is 0 Å². The van der Waals surface area contributed by atoms with Crippen LogP contribution in [0.3, 0.4) is 0 Å². The van der Waals surface area contributed by atoms with E-state index in [9.17, 15) is 14.0 Å². The van der Waals surface area contributed by atoms with Gasteiger partial charge in [-0.2, -0.15) is 0 Å². The van der Waals surface area contributed by atoms with Gasteiger partial charge in [-0.25, -0.2) is 4.39 Å². The zero-order valence-corrected chi connectivity index (χ0v) is 14.5. The van der Waals surface area contributed by atoms with Crippen LogP contribution in [-0.4, -0.2) is 41.2 Å². The summed E-state index contributed by atoms with van der Waals surface area (Å²) in [6, 6.07) is 8.20. The van der Waals surface area contributed by atoms with Crippen molar-refractivity contribution >= 4 is 11.8 Å². The van der Waals surface area contributed by atoms with Crippen molar-refractivity contribution in [2.24, 2.45) is 5.41 Å². The zero-order chi connectivity index (χ0) is 18.1. The summed E-state index contributed by atoms with van der Waals surface area (Å²) in [5, 5.41) is 0. The Morgan fingerprint density at radius 2 is 2.04 bits per heavy atom. The average Bonchev–Trinajstić information content (AvgIpc) is 3.31. The molecule has 1 atom stereocenters. The highest BCUT2D eigenvalue weighted by molar-refractivity contribution is 5.95. The number of piperidine rings is 1. The SMILES string of the molecule is O=C(c1ccoc1)N1CCC2(CCCN(Cc3ccccc3F)C2=O)C1. The molecule has 0 saturated carbocycles. The van der Waals surface area contributed by atoms with E-state index in [1.165, 1.54) is 18.6 Å². The lowest BCUT2D eigenvalue weighted by atomic mass is 9.78. The third kappa shape index (κ3) is 2.89. The molecule has 1 aromatic heterocycles. The van der Waals surface area contributed by atoms with Gasteiger partial charge in [0.05, 0.1) is 17.2 Å². The van der Waals surface area contributed by atoms with Crippen LogP contribution in [0.4, 0.5) is 4.39 Å². The molecule has 0 N–H and O–H groups in total. The number of carbonyl (C=O) groups excluding carboxylic acids is 2. The summed E-state index contributed by atoms with van der Waals surface area (Å²) in [7, 11) is 0. The smallest absolute Gasteiger partial charge is 0.257 e. The molecule has 1 aromatic carbocycles. The van der Waals surface area contributed by atoms with Crippen molar-refractivity contribution in [3.8, 4) is 0 Å². The maximum Gasteiger partial charge on any atom is 0.257 e. The number of halogens is 1. The van der Waals surface area contributed by atoms with Crippen LogP contribution in [0, 0.1) is 11.2 Å². The first-order valence-corrected chi connectivity index (χ1v) is 8.93. The number of rotatable bonds is 3. The van der Waals surface area contributed by atoms with Crippen molar-refractivity contribution in [3.05, 3.63) is 59.8 Å². The van der Waals surface area contributed by atoms with E-state index in [0.29, 0.717) is 37.2 Å². The van der Waals surface area contributed by atoms with Crippen LogP contribution < -0.4 is 0 Å². The highest BCUT2D eigenvalue weighted by atomic mass is 19.1. The van der Waals surface area contributed by atoms with Gasteiger partial charge in [0.1, 0.15) is 12.1 Å². The predicted molar refractivity (Wildman–Crippen MR) is 92.7 cm³/mol. The molecule has 1 spiro atoms. The average molecular weight is 356 g/mol. The van der Waals surface area contributed by atoms with Gasteiger partial charge in [-0.3, -0.25) is 9.59 Å². The van der Waals surface area contributed by atoms with Gasteiger partial charge in [0.15, 0.2) is 0 Å². The predicted octanol–water partition coefficient (Wildman–Crippen LogP) is 3.07. The van der Waals surface area contributed by atoms with Crippen molar-refractivity contribution in [2.45, 2.75) is 25.8 Å². The fourth-order valence-corrected chi connectivity index (χ4v) is 4.13. The third-order valence-corrected chi connectivity index (χ3v) is 5.55. The van der Waals surface area contributed by atoms with Gasteiger partial charge >= 0.3 is 0 Å². The Kier molecular flexibility index (Phi) is 4.26. The Hall–Kier alpha value is -2.63. The van der Waals surface area contributed by atoms with E-state index in [2.05, 4.69) is 0 Å². The summed E-state index contributed by atoms with van der Waals surface area (Å²) in [5.74, 6) is -0.354. The minimum atomic E-state index is -0.539. The molecule has 136 valence electrons. The van der Waals surface area contributed by atoms with Crippen LogP contribution in [0.5, 0.6) is 0 Å². The molecule has 2 amide bonds. The Morgan fingerprint density at radius 3 is 2.81 bits per heavy atom. The molecule has 0 bridgehead atoms. The molecule has 2 aliphatic rings. The summed E-state index contributed by atoms with van der Waals surface area (Å²) in [6.45, 7) is 1.89. The summed E-state index contributed by atoms with van der Waals surface area (Å²) in [4.78, 5) is 29.2. The lowest BCUT2D eigenvalue weighted by Crippen LogP contribution is -2.50. The van der Waals surface area contributed by atoms with E-state index in [0.717, 1.165) is 12.8 Å². The van der Waals surface area contributed by atoms with Gasteiger partial charge in [0.25, 0.3) is 5.91 Å². The largest absolute Gasteiger partial charge is 0.472 e. The number of benzene rings is 1. The van der Waals surface area contributed by atoms with E-state index in [-0.39, 0.29) is 24.2 Å². The summed E-state index contributed by atoms with van der Waals surface area (Å²) < 4.78 is 19.0. The first kappa shape index (κ1) is 16.8. The van der Waals surface area contributed by atoms with Crippen molar-refractivity contribution in [2.75, 3.05) is 19.6 Å². The third-order valence-electron chi connectivity index (χ3n) is 5.55. The monoisotopic (exact) mass is 356 g/mol. The minimum absolute atomic E-state index is 0.0366. The molecule has 2 saturated heterocycles. The second-order valence-corrected chi connectivity index (χ2v) is 7.19. The molecular formula is C20H21FN2O3. The Bertz CT molecular complexity index is 820. The highest BCUT2D eigenvalue weighted by Gasteiger charge is 2.49. The van der Waals surface area contributed by atoms with Crippen LogP contribution in [0.25, 0.3) is 0 Å². The number of nitrogens with zero attached hydrogens (tertiary/aromatic N) is 2. The molecule has 0 radical (unpaired) electrons. The molecule has 6 heteroatoms. The maximum absolute atomic E-state index is 14.0. The first-order chi connectivity index (χ1) is 12.6. The number of hydrogen-bond acceptors (Lipinski definition) is 3. The first-order valence-electron chi connectivity index (χ1n) is 8.93. The van der Waals surface area contributed by atoms with Crippen molar-refractivity contribution < 1.29 is 18.4 Å². The topological polar surface area (TPSA) is 53.8 Å². The van der Waals surface area contributed by atoms with Gasteiger partial charge in [-0.05, 0) is 31.4 Å². The van der Waals surface area contributed by atoms with Gasteiger partial charge in [0.2, 0.25) is 5.91 Å². The minimum Gasteiger partial charge on any atom is -0.472 e. The van der Waals surface area contributed by atoms with Gasteiger partial charge < -0.3 is 14.2 Å². The van der Waals surface area contributed by atoms with Crippen molar-refractivity contribution in [3.63, 3.8) is 0 Å². The van der Waals surface area contributed by atoms with Gasteiger partial charge in [-0.1, -0.05) is 18.2 Å². The molecular weight excluding hydrogens is 335 g/mol. The van der Waals surface area contributed by atoms with E-state index < -0.39 is 5.41 Å². The molecule has 3 heterocycles.